The normalized spacial score (nSPS) is 10.2. The van der Waals surface area contributed by atoms with Gasteiger partial charge in [0.05, 0.1) is 0 Å². The molecule has 3 heteroatoms. The third kappa shape index (κ3) is 37.3. The molecule has 0 aliphatic carbocycles. The molecule has 3 nitrogen and oxygen atoms in total. The molecule has 3 N–H and O–H groups in total. The molecular formula is C24H57N3. The van der Waals surface area contributed by atoms with E-state index in [9.17, 15) is 0 Å². The molecule has 0 bridgehead atoms. The molecular weight excluding hydrogens is 330 g/mol. The lowest BCUT2D eigenvalue weighted by Crippen LogP contribution is -2.27. The van der Waals surface area contributed by atoms with Gasteiger partial charge in [0.25, 0.3) is 0 Å². The fraction of sp³-hybridized carbons (Fsp3) is 1.00. The molecule has 0 saturated carbocycles. The van der Waals surface area contributed by atoms with Gasteiger partial charge in [0.2, 0.25) is 0 Å². The highest BCUT2D eigenvalue weighted by atomic mass is 15.1. The van der Waals surface area contributed by atoms with E-state index in [4.69, 9.17) is 5.73 Å². The maximum atomic E-state index is 5.14. The van der Waals surface area contributed by atoms with Crippen molar-refractivity contribution in [3.05, 3.63) is 0 Å². The van der Waals surface area contributed by atoms with Crippen LogP contribution in [-0.4, -0.2) is 44.2 Å². The molecule has 0 aliphatic rings. The molecule has 0 aliphatic heterocycles. The van der Waals surface area contributed by atoms with E-state index in [1.165, 1.54) is 110 Å². The fourth-order valence-electron chi connectivity index (χ4n) is 2.41. The van der Waals surface area contributed by atoms with E-state index in [-0.39, 0.29) is 0 Å². The average molecular weight is 388 g/mol. The first-order valence-corrected chi connectivity index (χ1v) is 12.3. The first-order chi connectivity index (χ1) is 13.2. The van der Waals surface area contributed by atoms with Crippen molar-refractivity contribution in [2.24, 2.45) is 5.73 Å². The monoisotopic (exact) mass is 387 g/mol. The number of hydrogen-bond donors (Lipinski definition) is 2. The molecule has 0 amide bonds. The van der Waals surface area contributed by atoms with E-state index in [0.29, 0.717) is 0 Å². The van der Waals surface area contributed by atoms with E-state index in [1.807, 2.05) is 0 Å². The molecule has 0 atom stereocenters. The molecule has 0 unspecified atom stereocenters. The Hall–Kier alpha value is -0.120. The fourth-order valence-corrected chi connectivity index (χ4v) is 2.41. The van der Waals surface area contributed by atoms with E-state index >= 15 is 0 Å². The summed E-state index contributed by atoms with van der Waals surface area (Å²) < 4.78 is 0. The van der Waals surface area contributed by atoms with Gasteiger partial charge in [0, 0.05) is 0 Å². The number of unbranched alkanes of at least 4 members (excludes halogenated alkanes) is 6. The van der Waals surface area contributed by atoms with Crippen molar-refractivity contribution in [1.29, 1.82) is 0 Å². The predicted molar refractivity (Wildman–Crippen MR) is 128 cm³/mol. The minimum atomic E-state index is 0.844. The summed E-state index contributed by atoms with van der Waals surface area (Å²) in [5.41, 5.74) is 5.14. The summed E-state index contributed by atoms with van der Waals surface area (Å²) in [4.78, 5) is 2.64. The Labute approximate surface area is 174 Å². The minimum absolute atomic E-state index is 0.844. The van der Waals surface area contributed by atoms with Crippen LogP contribution in [0.5, 0.6) is 0 Å². The first kappa shape index (κ1) is 31.6. The van der Waals surface area contributed by atoms with Crippen LogP contribution in [0.3, 0.4) is 0 Å². The highest BCUT2D eigenvalue weighted by Gasteiger charge is 2.01. The number of nitrogens with zero attached hydrogens (tertiary/aromatic N) is 1. The van der Waals surface area contributed by atoms with Gasteiger partial charge in [0.1, 0.15) is 0 Å². The third-order valence-corrected chi connectivity index (χ3v) is 4.46. The van der Waals surface area contributed by atoms with Crippen molar-refractivity contribution in [2.75, 3.05) is 39.3 Å². The molecule has 0 aromatic carbocycles. The zero-order chi connectivity index (χ0) is 21.0. The molecule has 0 spiro atoms. The molecule has 0 fully saturated rings. The summed E-state index contributed by atoms with van der Waals surface area (Å²) in [6, 6.07) is 0. The zero-order valence-electron chi connectivity index (χ0n) is 20.3. The maximum Gasteiger partial charge on any atom is -0.00188 e. The van der Waals surface area contributed by atoms with E-state index in [1.54, 1.807) is 0 Å². The second-order valence-corrected chi connectivity index (χ2v) is 7.50. The van der Waals surface area contributed by atoms with Gasteiger partial charge in [-0.25, -0.2) is 0 Å². The lowest BCUT2D eigenvalue weighted by molar-refractivity contribution is 0.261. The summed E-state index contributed by atoms with van der Waals surface area (Å²) in [6.45, 7) is 20.6. The van der Waals surface area contributed by atoms with Crippen LogP contribution in [0.2, 0.25) is 0 Å². The summed E-state index contributed by atoms with van der Waals surface area (Å²) in [7, 11) is 0. The topological polar surface area (TPSA) is 41.3 Å². The van der Waals surface area contributed by atoms with E-state index in [0.717, 1.165) is 6.54 Å². The van der Waals surface area contributed by atoms with Crippen LogP contribution in [0.25, 0.3) is 0 Å². The van der Waals surface area contributed by atoms with Crippen molar-refractivity contribution in [2.45, 2.75) is 119 Å². The Balaban J connectivity index is -0.000000356. The second kappa shape index (κ2) is 33.5. The van der Waals surface area contributed by atoms with Gasteiger partial charge in [-0.1, -0.05) is 80.1 Å². The Morgan fingerprint density at radius 2 is 0.852 bits per heavy atom. The van der Waals surface area contributed by atoms with Crippen LogP contribution in [-0.2, 0) is 0 Å². The van der Waals surface area contributed by atoms with Crippen LogP contribution in [0.4, 0.5) is 0 Å². The molecule has 27 heavy (non-hydrogen) atoms. The summed E-state index contributed by atoms with van der Waals surface area (Å²) >= 11 is 0. The molecule has 0 rings (SSSR count). The standard InChI is InChI=1S/C12H27N.C8H19N.C4H11N/c1-4-7-10-13(11-8-5-2)12-9-6-3;1-3-5-7-9-8-6-4-2;1-2-3-4-5/h4-12H2,1-3H3;9H,3-8H2,1-2H3;2-5H2,1H3. The van der Waals surface area contributed by atoms with E-state index < -0.39 is 0 Å². The van der Waals surface area contributed by atoms with Crippen LogP contribution in [0.1, 0.15) is 119 Å². The van der Waals surface area contributed by atoms with Gasteiger partial charge in [-0.15, -0.1) is 0 Å². The molecule has 0 aromatic rings. The largest absolute Gasteiger partial charge is 0.330 e. The molecule has 168 valence electrons. The minimum Gasteiger partial charge on any atom is -0.330 e. The first-order valence-electron chi connectivity index (χ1n) is 12.3. The third-order valence-electron chi connectivity index (χ3n) is 4.46. The Bertz CT molecular complexity index is 183. The predicted octanol–water partition coefficient (Wildman–Crippen LogP) is 6.61. The van der Waals surface area contributed by atoms with Crippen LogP contribution >= 0.6 is 0 Å². The maximum absolute atomic E-state index is 5.14. The highest BCUT2D eigenvalue weighted by Crippen LogP contribution is 2.01. The second-order valence-electron chi connectivity index (χ2n) is 7.50. The quantitative estimate of drug-likeness (QED) is 0.276. The Morgan fingerprint density at radius 3 is 1.07 bits per heavy atom. The summed E-state index contributed by atoms with van der Waals surface area (Å²) in [5, 5.41) is 3.39. The Morgan fingerprint density at radius 1 is 0.519 bits per heavy atom. The molecule has 0 saturated heterocycles. The number of nitrogens with one attached hydrogen (secondary N) is 1. The van der Waals surface area contributed by atoms with Crippen LogP contribution in [0, 0.1) is 0 Å². The Kier molecular flexibility index (Phi) is 39.1. The lowest BCUT2D eigenvalue weighted by Gasteiger charge is -2.21. The average Bonchev–Trinajstić information content (AvgIpc) is 2.69. The van der Waals surface area contributed by atoms with Crippen molar-refractivity contribution in [1.82, 2.24) is 10.2 Å². The molecule has 0 radical (unpaired) electrons. The van der Waals surface area contributed by atoms with Gasteiger partial charge < -0.3 is 16.0 Å². The summed E-state index contributed by atoms with van der Waals surface area (Å²) in [6.07, 6.45) is 15.7. The molecule has 0 aromatic heterocycles. The summed E-state index contributed by atoms with van der Waals surface area (Å²) in [5.74, 6) is 0. The number of rotatable bonds is 17. The number of nitrogens with two attached hydrogens (primary N) is 1. The van der Waals surface area contributed by atoms with Crippen LogP contribution < -0.4 is 11.1 Å². The van der Waals surface area contributed by atoms with Gasteiger partial charge in [-0.3, -0.25) is 0 Å². The van der Waals surface area contributed by atoms with Gasteiger partial charge in [0.15, 0.2) is 0 Å². The van der Waals surface area contributed by atoms with E-state index in [2.05, 4.69) is 51.8 Å². The highest BCUT2D eigenvalue weighted by molar-refractivity contribution is 4.57. The number of hydrogen-bond acceptors (Lipinski definition) is 3. The van der Waals surface area contributed by atoms with Gasteiger partial charge >= 0.3 is 0 Å². The zero-order valence-corrected chi connectivity index (χ0v) is 20.3. The van der Waals surface area contributed by atoms with Crippen LogP contribution in [0.15, 0.2) is 0 Å². The van der Waals surface area contributed by atoms with Gasteiger partial charge in [-0.2, -0.15) is 0 Å². The SMILES string of the molecule is CCCCN.CCCCN(CCCC)CCCC.CCCCNCCCC. The molecule has 0 heterocycles. The lowest BCUT2D eigenvalue weighted by atomic mass is 10.2. The van der Waals surface area contributed by atoms with Crippen molar-refractivity contribution >= 4 is 0 Å². The van der Waals surface area contributed by atoms with Crippen molar-refractivity contribution in [3.8, 4) is 0 Å². The smallest absolute Gasteiger partial charge is 0.00188 e. The van der Waals surface area contributed by atoms with Crippen molar-refractivity contribution < 1.29 is 0 Å². The van der Waals surface area contributed by atoms with Crippen molar-refractivity contribution in [3.63, 3.8) is 0 Å². The van der Waals surface area contributed by atoms with Gasteiger partial charge in [-0.05, 0) is 77.8 Å².